The molecule has 0 saturated carbocycles. The summed E-state index contributed by atoms with van der Waals surface area (Å²) in [6.45, 7) is 2.03. The second-order valence-corrected chi connectivity index (χ2v) is 11.8. The predicted molar refractivity (Wildman–Crippen MR) is 150 cm³/mol. The van der Waals surface area contributed by atoms with Crippen LogP contribution in [0.3, 0.4) is 0 Å². The minimum Gasteiger partial charge on any atom is -0.489 e. The standard InChI is InChI=1S/C31H31F4NO4S/c32-17-5-18-36-19-16-27(21-36)39-25-12-10-23(11-13-25)30-28(22-6-2-1-3-7-22)9-4-8-24-20-26(14-15-29(24)30)40-41(37,38)31(33,34)35/h1-3,6-7,10-15,20,27H,4-5,8-9,16-19,21H2/t27-/m0/s1. The summed E-state index contributed by atoms with van der Waals surface area (Å²) in [6.07, 6.45) is 3.41. The summed E-state index contributed by atoms with van der Waals surface area (Å²) in [6, 6.07) is 22.0. The van der Waals surface area contributed by atoms with Crippen LogP contribution < -0.4 is 8.92 Å². The fourth-order valence-corrected chi connectivity index (χ4v) is 5.97. The molecule has 0 radical (unpaired) electrons. The predicted octanol–water partition coefficient (Wildman–Crippen LogP) is 7.02. The molecule has 1 fully saturated rings. The zero-order valence-corrected chi connectivity index (χ0v) is 23.2. The first kappa shape index (κ1) is 29.1. The van der Waals surface area contributed by atoms with E-state index in [-0.39, 0.29) is 18.5 Å². The molecule has 5 rings (SSSR count). The van der Waals surface area contributed by atoms with E-state index in [1.807, 2.05) is 54.6 Å². The molecule has 0 N–H and O–H groups in total. The number of halogens is 4. The molecule has 0 aromatic heterocycles. The van der Waals surface area contributed by atoms with Crippen LogP contribution in [0.4, 0.5) is 17.6 Å². The minimum absolute atomic E-state index is 0.0320. The zero-order chi connectivity index (χ0) is 29.0. The van der Waals surface area contributed by atoms with Gasteiger partial charge in [-0.1, -0.05) is 48.5 Å². The van der Waals surface area contributed by atoms with Gasteiger partial charge in [0.25, 0.3) is 0 Å². The number of likely N-dealkylation sites (tertiary alicyclic amines) is 1. The number of benzene rings is 3. The zero-order valence-electron chi connectivity index (χ0n) is 22.4. The Kier molecular flexibility index (Phi) is 8.70. The van der Waals surface area contributed by atoms with Crippen LogP contribution in [0.15, 0.2) is 72.8 Å². The second-order valence-electron chi connectivity index (χ2n) is 10.3. The topological polar surface area (TPSA) is 55.8 Å². The smallest absolute Gasteiger partial charge is 0.489 e. The van der Waals surface area contributed by atoms with Crippen LogP contribution in [-0.2, 0) is 16.5 Å². The third-order valence-electron chi connectivity index (χ3n) is 7.42. The fourth-order valence-electron chi connectivity index (χ4n) is 5.52. The molecule has 5 nitrogen and oxygen atoms in total. The number of aryl methyl sites for hydroxylation is 1. The van der Waals surface area contributed by atoms with E-state index in [0.717, 1.165) is 72.5 Å². The number of hydrogen-bond donors (Lipinski definition) is 0. The monoisotopic (exact) mass is 589 g/mol. The van der Waals surface area contributed by atoms with Crippen molar-refractivity contribution in [1.82, 2.24) is 4.90 Å². The average molecular weight is 590 g/mol. The van der Waals surface area contributed by atoms with Gasteiger partial charge in [0.05, 0.1) is 6.67 Å². The molecular weight excluding hydrogens is 558 g/mol. The first-order valence-electron chi connectivity index (χ1n) is 13.6. The minimum atomic E-state index is -5.77. The van der Waals surface area contributed by atoms with Crippen molar-refractivity contribution in [1.29, 1.82) is 0 Å². The quantitative estimate of drug-likeness (QED) is 0.153. The average Bonchev–Trinajstić information content (AvgIpc) is 3.30. The summed E-state index contributed by atoms with van der Waals surface area (Å²) >= 11 is 0. The van der Waals surface area contributed by atoms with Gasteiger partial charge in [0, 0.05) is 19.6 Å². The maximum Gasteiger partial charge on any atom is 0.534 e. The van der Waals surface area contributed by atoms with Gasteiger partial charge in [0.1, 0.15) is 17.6 Å². The molecule has 1 saturated heterocycles. The molecule has 10 heteroatoms. The molecule has 2 aliphatic rings. The van der Waals surface area contributed by atoms with Crippen LogP contribution >= 0.6 is 0 Å². The molecule has 0 bridgehead atoms. The van der Waals surface area contributed by atoms with Crippen LogP contribution in [0.25, 0.3) is 11.1 Å². The Morgan fingerprint density at radius 1 is 0.902 bits per heavy atom. The van der Waals surface area contributed by atoms with Crippen molar-refractivity contribution >= 4 is 21.3 Å². The van der Waals surface area contributed by atoms with E-state index in [2.05, 4.69) is 9.08 Å². The van der Waals surface area contributed by atoms with Gasteiger partial charge in [-0.25, -0.2) is 0 Å². The molecule has 1 heterocycles. The van der Waals surface area contributed by atoms with E-state index in [9.17, 15) is 26.0 Å². The number of nitrogens with zero attached hydrogens (tertiary/aromatic N) is 1. The summed E-state index contributed by atoms with van der Waals surface area (Å²) in [5.41, 5.74) is -0.0265. The third kappa shape index (κ3) is 6.76. The van der Waals surface area contributed by atoms with Gasteiger partial charge >= 0.3 is 15.6 Å². The molecular formula is C31H31F4NO4S. The molecule has 3 aromatic carbocycles. The second kappa shape index (κ2) is 12.2. The van der Waals surface area contributed by atoms with Crippen molar-refractivity contribution in [2.75, 3.05) is 26.3 Å². The number of alkyl halides is 4. The van der Waals surface area contributed by atoms with Crippen LogP contribution in [0.1, 0.15) is 47.9 Å². The van der Waals surface area contributed by atoms with Crippen LogP contribution in [-0.4, -0.2) is 51.2 Å². The Balaban J connectivity index is 1.47. The summed E-state index contributed by atoms with van der Waals surface area (Å²) in [5, 5.41) is 0. The normalized spacial score (nSPS) is 18.2. The molecule has 1 aliphatic heterocycles. The highest BCUT2D eigenvalue weighted by Gasteiger charge is 2.48. The van der Waals surface area contributed by atoms with E-state index in [0.29, 0.717) is 18.4 Å². The first-order valence-corrected chi connectivity index (χ1v) is 15.0. The Morgan fingerprint density at radius 3 is 2.34 bits per heavy atom. The molecule has 3 aromatic rings. The third-order valence-corrected chi connectivity index (χ3v) is 8.39. The van der Waals surface area contributed by atoms with Gasteiger partial charge in [-0.3, -0.25) is 9.29 Å². The summed E-state index contributed by atoms with van der Waals surface area (Å²) in [5.74, 6) is 0.354. The van der Waals surface area contributed by atoms with Crippen LogP contribution in [0.5, 0.6) is 11.5 Å². The lowest BCUT2D eigenvalue weighted by atomic mass is 9.88. The van der Waals surface area contributed by atoms with Gasteiger partial charge < -0.3 is 8.92 Å². The number of ether oxygens (including phenoxy) is 1. The summed E-state index contributed by atoms with van der Waals surface area (Å²) in [7, 11) is -5.77. The Labute approximate surface area is 237 Å². The SMILES string of the molecule is O=S(=O)(Oc1ccc2c(c1)CCCC(c1ccccc1)=C2c1ccc(O[C@H]2CCN(CCCF)C2)cc1)C(F)(F)F. The largest absolute Gasteiger partial charge is 0.534 e. The van der Waals surface area contributed by atoms with E-state index in [1.54, 1.807) is 6.07 Å². The van der Waals surface area contributed by atoms with Gasteiger partial charge in [0.2, 0.25) is 0 Å². The van der Waals surface area contributed by atoms with Gasteiger partial charge in [-0.15, -0.1) is 0 Å². The molecule has 1 atom stereocenters. The van der Waals surface area contributed by atoms with Gasteiger partial charge in [0.15, 0.2) is 0 Å². The highest BCUT2D eigenvalue weighted by Crippen LogP contribution is 2.41. The lowest BCUT2D eigenvalue weighted by Gasteiger charge is -2.19. The van der Waals surface area contributed by atoms with Crippen molar-refractivity contribution in [3.63, 3.8) is 0 Å². The lowest BCUT2D eigenvalue weighted by molar-refractivity contribution is -0.0500. The maximum absolute atomic E-state index is 12.9. The van der Waals surface area contributed by atoms with Crippen molar-refractivity contribution in [3.8, 4) is 11.5 Å². The Morgan fingerprint density at radius 2 is 1.63 bits per heavy atom. The maximum atomic E-state index is 12.9. The Hall–Kier alpha value is -3.37. The molecule has 0 spiro atoms. The van der Waals surface area contributed by atoms with Crippen molar-refractivity contribution in [2.45, 2.75) is 43.7 Å². The lowest BCUT2D eigenvalue weighted by Crippen LogP contribution is -2.28. The van der Waals surface area contributed by atoms with E-state index in [1.165, 1.54) is 12.1 Å². The molecule has 41 heavy (non-hydrogen) atoms. The van der Waals surface area contributed by atoms with Crippen LogP contribution in [0.2, 0.25) is 0 Å². The Bertz CT molecular complexity index is 1490. The van der Waals surface area contributed by atoms with E-state index < -0.39 is 15.6 Å². The summed E-state index contributed by atoms with van der Waals surface area (Å²) in [4.78, 5) is 2.20. The first-order chi connectivity index (χ1) is 19.6. The van der Waals surface area contributed by atoms with Gasteiger partial charge in [-0.05, 0) is 89.8 Å². The molecule has 218 valence electrons. The molecule has 0 unspecified atom stereocenters. The number of allylic oxidation sites excluding steroid dienone is 1. The highest BCUT2D eigenvalue weighted by molar-refractivity contribution is 7.88. The van der Waals surface area contributed by atoms with Crippen molar-refractivity contribution in [2.24, 2.45) is 0 Å². The summed E-state index contributed by atoms with van der Waals surface area (Å²) < 4.78 is 85.2. The van der Waals surface area contributed by atoms with E-state index in [4.69, 9.17) is 4.74 Å². The molecule has 0 amide bonds. The van der Waals surface area contributed by atoms with Crippen molar-refractivity contribution in [3.05, 3.63) is 95.1 Å². The fraction of sp³-hybridized carbons (Fsp3) is 0.355. The number of hydrogen-bond acceptors (Lipinski definition) is 5. The van der Waals surface area contributed by atoms with Crippen molar-refractivity contribution < 1.29 is 34.9 Å². The highest BCUT2D eigenvalue weighted by atomic mass is 32.2. The van der Waals surface area contributed by atoms with Gasteiger partial charge in [-0.2, -0.15) is 21.6 Å². The molecule has 1 aliphatic carbocycles. The van der Waals surface area contributed by atoms with E-state index >= 15 is 0 Å². The number of rotatable bonds is 9. The number of fused-ring (bicyclic) bond motifs is 1. The van der Waals surface area contributed by atoms with Crippen LogP contribution in [0, 0.1) is 0 Å².